The fraction of sp³-hybridized carbons (Fsp3) is 0.240. The standard InChI is InChI=1S/C25H26N2O2/c28-25(21-10-7-17-27(19-21)18-20-8-3-1-4-9-20)26-22-13-15-24(16-14-22)29-23-11-5-2-6-12-23/h1-6,8-9,11-16,21H,7,10,17-19H2,(H,26,28)/t21-/m0/s1. The summed E-state index contributed by atoms with van der Waals surface area (Å²) in [6, 6.07) is 27.7. The minimum Gasteiger partial charge on any atom is -0.457 e. The SMILES string of the molecule is O=C(Nc1ccc(Oc2ccccc2)cc1)[C@H]1CCCN(Cc2ccccc2)C1. The zero-order valence-corrected chi connectivity index (χ0v) is 16.5. The Kier molecular flexibility index (Phi) is 6.22. The molecule has 0 radical (unpaired) electrons. The summed E-state index contributed by atoms with van der Waals surface area (Å²) in [6.07, 6.45) is 1.99. The lowest BCUT2D eigenvalue weighted by Gasteiger charge is -2.32. The summed E-state index contributed by atoms with van der Waals surface area (Å²) in [5.74, 6) is 1.66. The Bertz CT molecular complexity index is 911. The number of rotatable bonds is 6. The van der Waals surface area contributed by atoms with E-state index < -0.39 is 0 Å². The molecule has 4 nitrogen and oxygen atoms in total. The summed E-state index contributed by atoms with van der Waals surface area (Å²) in [7, 11) is 0. The molecule has 1 saturated heterocycles. The number of benzene rings is 3. The van der Waals surface area contributed by atoms with Gasteiger partial charge < -0.3 is 10.1 Å². The summed E-state index contributed by atoms with van der Waals surface area (Å²) in [6.45, 7) is 2.75. The molecule has 1 amide bonds. The quantitative estimate of drug-likeness (QED) is 0.623. The Morgan fingerprint density at radius 3 is 2.28 bits per heavy atom. The van der Waals surface area contributed by atoms with E-state index in [1.54, 1.807) is 0 Å². The van der Waals surface area contributed by atoms with E-state index in [4.69, 9.17) is 4.74 Å². The summed E-state index contributed by atoms with van der Waals surface area (Å²) < 4.78 is 5.81. The van der Waals surface area contributed by atoms with Crippen LogP contribution in [-0.2, 0) is 11.3 Å². The molecule has 1 fully saturated rings. The van der Waals surface area contributed by atoms with Gasteiger partial charge in [-0.1, -0.05) is 48.5 Å². The third kappa shape index (κ3) is 5.46. The van der Waals surface area contributed by atoms with Gasteiger partial charge in [-0.2, -0.15) is 0 Å². The molecule has 3 aromatic rings. The first-order chi connectivity index (χ1) is 14.3. The number of nitrogens with zero attached hydrogens (tertiary/aromatic N) is 1. The Morgan fingerprint density at radius 1 is 0.897 bits per heavy atom. The van der Waals surface area contributed by atoms with E-state index in [2.05, 4.69) is 34.5 Å². The second-order valence-electron chi connectivity index (χ2n) is 7.49. The highest BCUT2D eigenvalue weighted by atomic mass is 16.5. The zero-order valence-electron chi connectivity index (χ0n) is 16.5. The van der Waals surface area contributed by atoms with E-state index in [1.807, 2.05) is 60.7 Å². The lowest BCUT2D eigenvalue weighted by atomic mass is 9.96. The van der Waals surface area contributed by atoms with Crippen LogP contribution in [0.15, 0.2) is 84.9 Å². The lowest BCUT2D eigenvalue weighted by Crippen LogP contribution is -2.40. The molecule has 4 heteroatoms. The molecule has 0 bridgehead atoms. The average Bonchev–Trinajstić information content (AvgIpc) is 2.77. The van der Waals surface area contributed by atoms with Crippen molar-refractivity contribution in [3.05, 3.63) is 90.5 Å². The summed E-state index contributed by atoms with van der Waals surface area (Å²) >= 11 is 0. The van der Waals surface area contributed by atoms with E-state index in [-0.39, 0.29) is 11.8 Å². The fourth-order valence-electron chi connectivity index (χ4n) is 3.73. The van der Waals surface area contributed by atoms with Gasteiger partial charge in [0.15, 0.2) is 0 Å². The maximum absolute atomic E-state index is 12.8. The van der Waals surface area contributed by atoms with Crippen molar-refractivity contribution in [1.82, 2.24) is 4.90 Å². The number of nitrogens with one attached hydrogen (secondary N) is 1. The highest BCUT2D eigenvalue weighted by Crippen LogP contribution is 2.24. The van der Waals surface area contributed by atoms with Crippen LogP contribution >= 0.6 is 0 Å². The number of anilines is 1. The van der Waals surface area contributed by atoms with Crippen molar-refractivity contribution in [2.24, 2.45) is 5.92 Å². The summed E-state index contributed by atoms with van der Waals surface area (Å²) in [4.78, 5) is 15.1. The van der Waals surface area contributed by atoms with Gasteiger partial charge in [0.25, 0.3) is 0 Å². The minimum atomic E-state index is 0.0210. The molecule has 0 saturated carbocycles. The fourth-order valence-corrected chi connectivity index (χ4v) is 3.73. The molecule has 1 N–H and O–H groups in total. The first kappa shape index (κ1) is 19.2. The van der Waals surface area contributed by atoms with Crippen LogP contribution in [0.25, 0.3) is 0 Å². The van der Waals surface area contributed by atoms with Crippen LogP contribution in [0.2, 0.25) is 0 Å². The molecule has 0 unspecified atom stereocenters. The van der Waals surface area contributed by atoms with Crippen molar-refractivity contribution < 1.29 is 9.53 Å². The molecule has 3 aromatic carbocycles. The van der Waals surface area contributed by atoms with E-state index in [9.17, 15) is 4.79 Å². The van der Waals surface area contributed by atoms with E-state index in [0.717, 1.165) is 49.7 Å². The topological polar surface area (TPSA) is 41.6 Å². The Morgan fingerprint density at radius 2 is 1.55 bits per heavy atom. The number of likely N-dealkylation sites (tertiary alicyclic amines) is 1. The summed E-state index contributed by atoms with van der Waals surface area (Å²) in [5, 5.41) is 3.07. The van der Waals surface area contributed by atoms with Gasteiger partial charge in [-0.25, -0.2) is 0 Å². The van der Waals surface area contributed by atoms with Crippen LogP contribution < -0.4 is 10.1 Å². The molecule has 0 aliphatic carbocycles. The lowest BCUT2D eigenvalue weighted by molar-refractivity contribution is -0.121. The Balaban J connectivity index is 1.31. The van der Waals surface area contributed by atoms with Gasteiger partial charge in [-0.05, 0) is 61.3 Å². The third-order valence-corrected chi connectivity index (χ3v) is 5.23. The number of para-hydroxylation sites is 1. The van der Waals surface area contributed by atoms with E-state index in [0.29, 0.717) is 0 Å². The van der Waals surface area contributed by atoms with Gasteiger partial charge in [-0.15, -0.1) is 0 Å². The number of piperidine rings is 1. The number of ether oxygens (including phenoxy) is 1. The molecule has 1 aliphatic heterocycles. The van der Waals surface area contributed by atoms with Gasteiger partial charge in [0.05, 0.1) is 5.92 Å². The monoisotopic (exact) mass is 386 g/mol. The van der Waals surface area contributed by atoms with Crippen LogP contribution in [0.5, 0.6) is 11.5 Å². The van der Waals surface area contributed by atoms with E-state index >= 15 is 0 Å². The average molecular weight is 386 g/mol. The number of hydrogen-bond donors (Lipinski definition) is 1. The smallest absolute Gasteiger partial charge is 0.228 e. The maximum atomic E-state index is 12.8. The normalized spacial score (nSPS) is 16.9. The molecule has 0 spiro atoms. The van der Waals surface area contributed by atoms with Crippen molar-refractivity contribution in [2.45, 2.75) is 19.4 Å². The Labute approximate surface area is 172 Å². The van der Waals surface area contributed by atoms with Crippen LogP contribution in [0.4, 0.5) is 5.69 Å². The highest BCUT2D eigenvalue weighted by molar-refractivity contribution is 5.92. The molecule has 1 aliphatic rings. The molecule has 148 valence electrons. The van der Waals surface area contributed by atoms with Crippen molar-refractivity contribution in [3.8, 4) is 11.5 Å². The second kappa shape index (κ2) is 9.39. The van der Waals surface area contributed by atoms with Crippen molar-refractivity contribution in [2.75, 3.05) is 18.4 Å². The number of amides is 1. The van der Waals surface area contributed by atoms with Crippen LogP contribution in [0, 0.1) is 5.92 Å². The molecule has 1 heterocycles. The summed E-state index contributed by atoms with van der Waals surface area (Å²) in [5.41, 5.74) is 2.10. The van der Waals surface area contributed by atoms with E-state index in [1.165, 1.54) is 5.56 Å². The molecule has 4 rings (SSSR count). The molecular formula is C25H26N2O2. The van der Waals surface area contributed by atoms with Crippen molar-refractivity contribution >= 4 is 11.6 Å². The largest absolute Gasteiger partial charge is 0.457 e. The maximum Gasteiger partial charge on any atom is 0.228 e. The molecule has 0 aromatic heterocycles. The first-order valence-electron chi connectivity index (χ1n) is 10.2. The predicted molar refractivity (Wildman–Crippen MR) is 116 cm³/mol. The third-order valence-electron chi connectivity index (χ3n) is 5.23. The van der Waals surface area contributed by atoms with Crippen LogP contribution in [0.3, 0.4) is 0 Å². The van der Waals surface area contributed by atoms with Gasteiger partial charge in [0.2, 0.25) is 5.91 Å². The van der Waals surface area contributed by atoms with Crippen LogP contribution in [-0.4, -0.2) is 23.9 Å². The van der Waals surface area contributed by atoms with Gasteiger partial charge in [0.1, 0.15) is 11.5 Å². The van der Waals surface area contributed by atoms with Gasteiger partial charge in [-0.3, -0.25) is 9.69 Å². The molecule has 1 atom stereocenters. The molecular weight excluding hydrogens is 360 g/mol. The Hall–Kier alpha value is -3.11. The van der Waals surface area contributed by atoms with Gasteiger partial charge >= 0.3 is 0 Å². The zero-order chi connectivity index (χ0) is 19.9. The minimum absolute atomic E-state index is 0.0210. The highest BCUT2D eigenvalue weighted by Gasteiger charge is 2.25. The number of carbonyl (C=O) groups is 1. The number of carbonyl (C=O) groups excluding carboxylic acids is 1. The first-order valence-corrected chi connectivity index (χ1v) is 10.2. The number of hydrogen-bond acceptors (Lipinski definition) is 3. The van der Waals surface area contributed by atoms with Crippen molar-refractivity contribution in [1.29, 1.82) is 0 Å². The van der Waals surface area contributed by atoms with Gasteiger partial charge in [0, 0.05) is 18.8 Å². The van der Waals surface area contributed by atoms with Crippen molar-refractivity contribution in [3.63, 3.8) is 0 Å². The van der Waals surface area contributed by atoms with Crippen LogP contribution in [0.1, 0.15) is 18.4 Å². The molecule has 29 heavy (non-hydrogen) atoms. The second-order valence-corrected chi connectivity index (χ2v) is 7.49. The predicted octanol–water partition coefficient (Wildman–Crippen LogP) is 5.33.